The molecule has 0 aliphatic heterocycles. The van der Waals surface area contributed by atoms with Crippen LogP contribution in [-0.2, 0) is 4.74 Å². The number of methoxy groups -OCH3 is 1. The molecular formula is C14H11ClO2. The molecule has 0 saturated heterocycles. The van der Waals surface area contributed by atoms with Crippen molar-refractivity contribution in [3.05, 3.63) is 54.1 Å². The largest absolute Gasteiger partial charge is 0.465 e. The van der Waals surface area contributed by atoms with Crippen molar-refractivity contribution in [3.8, 4) is 0 Å². The van der Waals surface area contributed by atoms with Crippen LogP contribution in [0.25, 0.3) is 15.8 Å². The number of halogens is 1. The van der Waals surface area contributed by atoms with Gasteiger partial charge in [0.05, 0.1) is 12.7 Å². The van der Waals surface area contributed by atoms with Gasteiger partial charge in [-0.05, 0) is 34.5 Å². The third-order valence-electron chi connectivity index (χ3n) is 2.57. The summed E-state index contributed by atoms with van der Waals surface area (Å²) in [7, 11) is 1.37. The van der Waals surface area contributed by atoms with Crippen molar-refractivity contribution in [2.24, 2.45) is 0 Å². The van der Waals surface area contributed by atoms with E-state index >= 15 is 0 Å². The zero-order chi connectivity index (χ0) is 12.4. The highest BCUT2D eigenvalue weighted by molar-refractivity contribution is 6.48. The fourth-order valence-electron chi connectivity index (χ4n) is 1.66. The Kier molecular flexibility index (Phi) is 3.16. The zero-order valence-electron chi connectivity index (χ0n) is 9.37. The number of ether oxygens (including phenoxy) is 1. The third-order valence-corrected chi connectivity index (χ3v) is 2.79. The quantitative estimate of drug-likeness (QED) is 0.753. The second-order valence-electron chi connectivity index (χ2n) is 3.67. The molecule has 0 radical (unpaired) electrons. The first kappa shape index (κ1) is 11.7. The molecule has 2 rings (SSSR count). The molecule has 0 heterocycles. The van der Waals surface area contributed by atoms with Gasteiger partial charge in [0.25, 0.3) is 0 Å². The lowest BCUT2D eigenvalue weighted by atomic mass is 10.0. The van der Waals surface area contributed by atoms with Crippen LogP contribution in [0, 0.1) is 0 Å². The van der Waals surface area contributed by atoms with E-state index in [4.69, 9.17) is 11.6 Å². The minimum absolute atomic E-state index is 0.335. The van der Waals surface area contributed by atoms with Crippen LogP contribution in [0.4, 0.5) is 0 Å². The topological polar surface area (TPSA) is 26.3 Å². The van der Waals surface area contributed by atoms with E-state index in [-0.39, 0.29) is 5.97 Å². The summed E-state index contributed by atoms with van der Waals surface area (Å²) in [4.78, 5) is 11.4. The van der Waals surface area contributed by atoms with Gasteiger partial charge in [-0.15, -0.1) is 0 Å². The molecular weight excluding hydrogens is 236 g/mol. The minimum atomic E-state index is -0.335. The molecule has 0 atom stereocenters. The minimum Gasteiger partial charge on any atom is -0.465 e. The second kappa shape index (κ2) is 4.60. The van der Waals surface area contributed by atoms with Gasteiger partial charge in [-0.25, -0.2) is 4.79 Å². The highest BCUT2D eigenvalue weighted by Crippen LogP contribution is 2.23. The van der Waals surface area contributed by atoms with E-state index in [0.29, 0.717) is 10.6 Å². The number of rotatable bonds is 2. The summed E-state index contributed by atoms with van der Waals surface area (Å²) in [5.41, 5.74) is 1.42. The molecule has 0 aromatic heterocycles. The van der Waals surface area contributed by atoms with Crippen LogP contribution in [0.2, 0.25) is 0 Å². The summed E-state index contributed by atoms with van der Waals surface area (Å²) in [6.07, 6.45) is 0. The Morgan fingerprint density at radius 1 is 1.12 bits per heavy atom. The number of carbonyl (C=O) groups excluding carboxylic acids is 1. The Bertz CT molecular complexity index is 602. The van der Waals surface area contributed by atoms with Gasteiger partial charge in [0.1, 0.15) is 0 Å². The van der Waals surface area contributed by atoms with Gasteiger partial charge in [-0.2, -0.15) is 0 Å². The number of carbonyl (C=O) groups is 1. The molecule has 2 aromatic carbocycles. The third kappa shape index (κ3) is 2.32. The molecule has 0 aliphatic carbocycles. The smallest absolute Gasteiger partial charge is 0.337 e. The fraction of sp³-hybridized carbons (Fsp3) is 0.0714. The molecule has 86 valence electrons. The Morgan fingerprint density at radius 3 is 2.18 bits per heavy atom. The summed E-state index contributed by atoms with van der Waals surface area (Å²) in [5, 5.41) is 2.48. The highest BCUT2D eigenvalue weighted by Gasteiger charge is 2.06. The summed E-state index contributed by atoms with van der Waals surface area (Å²) in [5.74, 6) is -0.335. The molecule has 0 unspecified atom stereocenters. The molecule has 17 heavy (non-hydrogen) atoms. The van der Waals surface area contributed by atoms with Crippen molar-refractivity contribution >= 4 is 33.4 Å². The molecule has 0 fully saturated rings. The van der Waals surface area contributed by atoms with Gasteiger partial charge in [0, 0.05) is 5.03 Å². The van der Waals surface area contributed by atoms with Crippen molar-refractivity contribution in [2.75, 3.05) is 7.11 Å². The Balaban J connectivity index is 2.54. The van der Waals surface area contributed by atoms with Crippen LogP contribution in [0.15, 0.2) is 43.0 Å². The number of esters is 1. The first-order valence-electron chi connectivity index (χ1n) is 5.09. The second-order valence-corrected chi connectivity index (χ2v) is 4.13. The number of benzene rings is 2. The van der Waals surface area contributed by atoms with Crippen molar-refractivity contribution in [3.63, 3.8) is 0 Å². The van der Waals surface area contributed by atoms with Crippen LogP contribution >= 0.6 is 11.6 Å². The summed E-state index contributed by atoms with van der Waals surface area (Å²) < 4.78 is 4.67. The first-order valence-corrected chi connectivity index (χ1v) is 5.46. The lowest BCUT2D eigenvalue weighted by Gasteiger charge is -2.04. The van der Waals surface area contributed by atoms with Crippen LogP contribution in [-0.4, -0.2) is 13.1 Å². The van der Waals surface area contributed by atoms with E-state index < -0.39 is 0 Å². The van der Waals surface area contributed by atoms with Crippen molar-refractivity contribution in [2.45, 2.75) is 0 Å². The number of hydrogen-bond acceptors (Lipinski definition) is 2. The highest BCUT2D eigenvalue weighted by atomic mass is 35.5. The molecule has 0 saturated carbocycles. The molecule has 0 spiro atoms. The van der Waals surface area contributed by atoms with Gasteiger partial charge in [0.2, 0.25) is 0 Å². The zero-order valence-corrected chi connectivity index (χ0v) is 10.1. The normalized spacial score (nSPS) is 10.2. The number of fused-ring (bicyclic) bond motifs is 1. The van der Waals surface area contributed by atoms with Gasteiger partial charge < -0.3 is 4.74 Å². The Morgan fingerprint density at radius 2 is 1.65 bits per heavy atom. The Hall–Kier alpha value is -1.80. The lowest BCUT2D eigenvalue weighted by Crippen LogP contribution is -2.00. The van der Waals surface area contributed by atoms with E-state index in [1.54, 1.807) is 12.1 Å². The molecule has 2 aromatic rings. The fourth-order valence-corrected chi connectivity index (χ4v) is 1.78. The maximum absolute atomic E-state index is 11.4. The molecule has 0 amide bonds. The molecule has 0 N–H and O–H groups in total. The Labute approximate surface area is 104 Å². The van der Waals surface area contributed by atoms with Gasteiger partial charge in [-0.1, -0.05) is 36.4 Å². The maximum atomic E-state index is 11.4. The predicted octanol–water partition coefficient (Wildman–Crippen LogP) is 3.84. The molecule has 2 nitrogen and oxygen atoms in total. The average Bonchev–Trinajstić information content (AvgIpc) is 2.36. The lowest BCUT2D eigenvalue weighted by molar-refractivity contribution is 0.0601. The van der Waals surface area contributed by atoms with Crippen molar-refractivity contribution in [1.29, 1.82) is 0 Å². The standard InChI is InChI=1S/C14H11ClO2/c1-9(15)10-3-4-12-8-13(14(16)17-2)6-5-11(12)7-10/h3-8H,1H2,2H3. The van der Waals surface area contributed by atoms with E-state index in [9.17, 15) is 4.79 Å². The van der Waals surface area contributed by atoms with Crippen LogP contribution in [0.1, 0.15) is 15.9 Å². The van der Waals surface area contributed by atoms with E-state index in [0.717, 1.165) is 16.3 Å². The predicted molar refractivity (Wildman–Crippen MR) is 70.2 cm³/mol. The molecule has 3 heteroatoms. The SMILES string of the molecule is C=C(Cl)c1ccc2cc(C(=O)OC)ccc2c1. The first-order chi connectivity index (χ1) is 8.11. The van der Waals surface area contributed by atoms with E-state index in [1.807, 2.05) is 24.3 Å². The molecule has 0 bridgehead atoms. The summed E-state index contributed by atoms with van der Waals surface area (Å²) in [6.45, 7) is 3.68. The number of hydrogen-bond donors (Lipinski definition) is 0. The van der Waals surface area contributed by atoms with Gasteiger partial charge >= 0.3 is 5.97 Å². The van der Waals surface area contributed by atoms with Gasteiger partial charge in [0.15, 0.2) is 0 Å². The summed E-state index contributed by atoms with van der Waals surface area (Å²) >= 11 is 5.84. The van der Waals surface area contributed by atoms with E-state index in [1.165, 1.54) is 7.11 Å². The molecule has 0 aliphatic rings. The van der Waals surface area contributed by atoms with Crippen molar-refractivity contribution < 1.29 is 9.53 Å². The summed E-state index contributed by atoms with van der Waals surface area (Å²) in [6, 6.07) is 11.1. The van der Waals surface area contributed by atoms with Crippen LogP contribution < -0.4 is 0 Å². The van der Waals surface area contributed by atoms with Crippen molar-refractivity contribution in [1.82, 2.24) is 0 Å². The van der Waals surface area contributed by atoms with Crippen LogP contribution in [0.5, 0.6) is 0 Å². The van der Waals surface area contributed by atoms with Gasteiger partial charge in [-0.3, -0.25) is 0 Å². The average molecular weight is 247 g/mol. The van der Waals surface area contributed by atoms with E-state index in [2.05, 4.69) is 11.3 Å². The van der Waals surface area contributed by atoms with Crippen LogP contribution in [0.3, 0.4) is 0 Å². The monoisotopic (exact) mass is 246 g/mol. The maximum Gasteiger partial charge on any atom is 0.337 e.